The third kappa shape index (κ3) is 4.17. The first-order valence-corrected chi connectivity index (χ1v) is 10.5. The summed E-state index contributed by atoms with van der Waals surface area (Å²) in [5.41, 5.74) is 0.765. The van der Waals surface area contributed by atoms with Gasteiger partial charge in [-0.3, -0.25) is 9.78 Å². The van der Waals surface area contributed by atoms with Gasteiger partial charge in [-0.15, -0.1) is 0 Å². The number of carbonyl (C=O) groups is 1. The number of rotatable bonds is 4. The Balaban J connectivity index is 1.46. The van der Waals surface area contributed by atoms with Crippen LogP contribution in [0.25, 0.3) is 10.9 Å². The fraction of sp³-hybridized carbons (Fsp3) is 0.333. The van der Waals surface area contributed by atoms with E-state index < -0.39 is 11.6 Å². The largest absolute Gasteiger partial charge is 0.326 e. The third-order valence-electron chi connectivity index (χ3n) is 6.28. The van der Waals surface area contributed by atoms with Crippen LogP contribution in [0.15, 0.2) is 54.7 Å². The summed E-state index contributed by atoms with van der Waals surface area (Å²) >= 11 is 5.87. The van der Waals surface area contributed by atoms with Crippen LogP contribution < -0.4 is 5.32 Å². The quantitative estimate of drug-likeness (QED) is 0.504. The molecule has 1 aromatic heterocycles. The summed E-state index contributed by atoms with van der Waals surface area (Å²) in [4.78, 5) is 16.9. The highest BCUT2D eigenvalue weighted by Crippen LogP contribution is 2.45. The standard InChI is InChI=1S/C24H23ClF2N2O/c1-15(23(30)29-19-5-2-17(25)3-6-19)24(27)11-8-16(9-12-24)20-10-13-28-22-7-4-18(26)14-21(20)22/h2-7,10,13-16H,8-9,11-12H2,1H3,(H,29,30). The zero-order valence-electron chi connectivity index (χ0n) is 16.7. The van der Waals surface area contributed by atoms with Crippen molar-refractivity contribution in [1.29, 1.82) is 0 Å². The molecule has 1 N–H and O–H groups in total. The molecule has 30 heavy (non-hydrogen) atoms. The molecule has 1 fully saturated rings. The summed E-state index contributed by atoms with van der Waals surface area (Å²) in [5.74, 6) is -1.30. The summed E-state index contributed by atoms with van der Waals surface area (Å²) < 4.78 is 29.5. The van der Waals surface area contributed by atoms with E-state index in [4.69, 9.17) is 11.6 Å². The second kappa shape index (κ2) is 8.31. The minimum Gasteiger partial charge on any atom is -0.326 e. The van der Waals surface area contributed by atoms with Gasteiger partial charge in [0.2, 0.25) is 5.91 Å². The molecule has 156 valence electrons. The Hall–Kier alpha value is -2.53. The lowest BCUT2D eigenvalue weighted by molar-refractivity contribution is -0.125. The van der Waals surface area contributed by atoms with Crippen molar-refractivity contribution in [3.8, 4) is 0 Å². The van der Waals surface area contributed by atoms with Crippen molar-refractivity contribution in [3.63, 3.8) is 0 Å². The maximum atomic E-state index is 15.7. The average Bonchev–Trinajstić information content (AvgIpc) is 2.75. The number of anilines is 1. The van der Waals surface area contributed by atoms with E-state index in [0.717, 1.165) is 16.5 Å². The van der Waals surface area contributed by atoms with Gasteiger partial charge < -0.3 is 5.32 Å². The van der Waals surface area contributed by atoms with Crippen molar-refractivity contribution < 1.29 is 13.6 Å². The van der Waals surface area contributed by atoms with Gasteiger partial charge >= 0.3 is 0 Å². The number of hydrogen-bond acceptors (Lipinski definition) is 2. The van der Waals surface area contributed by atoms with Gasteiger partial charge in [-0.25, -0.2) is 8.78 Å². The molecule has 1 saturated carbocycles. The van der Waals surface area contributed by atoms with Crippen molar-refractivity contribution in [2.24, 2.45) is 5.92 Å². The van der Waals surface area contributed by atoms with E-state index in [9.17, 15) is 9.18 Å². The first kappa shape index (κ1) is 20.7. The van der Waals surface area contributed by atoms with Gasteiger partial charge in [-0.1, -0.05) is 18.5 Å². The molecule has 0 spiro atoms. The summed E-state index contributed by atoms with van der Waals surface area (Å²) in [5, 5.41) is 4.13. The Morgan fingerprint density at radius 1 is 1.17 bits per heavy atom. The lowest BCUT2D eigenvalue weighted by atomic mass is 9.71. The van der Waals surface area contributed by atoms with Crippen LogP contribution in [0.2, 0.25) is 5.02 Å². The molecule has 1 atom stereocenters. The van der Waals surface area contributed by atoms with E-state index in [1.807, 2.05) is 6.07 Å². The van der Waals surface area contributed by atoms with Crippen LogP contribution in [0.5, 0.6) is 0 Å². The molecule has 1 amide bonds. The number of carbonyl (C=O) groups excluding carboxylic acids is 1. The van der Waals surface area contributed by atoms with Crippen molar-refractivity contribution in [1.82, 2.24) is 4.98 Å². The molecule has 6 heteroatoms. The molecule has 2 aromatic carbocycles. The Kier molecular flexibility index (Phi) is 5.74. The number of halogens is 3. The number of nitrogens with zero attached hydrogens (tertiary/aromatic N) is 1. The Labute approximate surface area is 179 Å². The second-order valence-electron chi connectivity index (χ2n) is 8.09. The van der Waals surface area contributed by atoms with Crippen LogP contribution >= 0.6 is 11.6 Å². The van der Waals surface area contributed by atoms with E-state index in [0.29, 0.717) is 23.6 Å². The van der Waals surface area contributed by atoms with Gasteiger partial charge in [-0.2, -0.15) is 0 Å². The average molecular weight is 429 g/mol. The lowest BCUT2D eigenvalue weighted by Crippen LogP contribution is -2.42. The number of amides is 1. The predicted octanol–water partition coefficient (Wildman–Crippen LogP) is 6.67. The van der Waals surface area contributed by atoms with Crippen LogP contribution in [0.3, 0.4) is 0 Å². The number of alkyl halides is 1. The zero-order valence-corrected chi connectivity index (χ0v) is 17.4. The molecule has 1 unspecified atom stereocenters. The fourth-order valence-corrected chi connectivity index (χ4v) is 4.48. The van der Waals surface area contributed by atoms with Gasteiger partial charge in [0.1, 0.15) is 11.5 Å². The van der Waals surface area contributed by atoms with Gasteiger partial charge in [0, 0.05) is 22.3 Å². The molecule has 0 aliphatic heterocycles. The summed E-state index contributed by atoms with van der Waals surface area (Å²) in [6, 6.07) is 13.2. The number of aromatic nitrogens is 1. The SMILES string of the molecule is CC(C(=O)Nc1ccc(Cl)cc1)C1(F)CCC(c2ccnc3ccc(F)cc23)CC1. The number of fused-ring (bicyclic) bond motifs is 1. The lowest BCUT2D eigenvalue weighted by Gasteiger charge is -2.37. The van der Waals surface area contributed by atoms with E-state index in [1.165, 1.54) is 12.1 Å². The molecule has 0 bridgehead atoms. The fourth-order valence-electron chi connectivity index (χ4n) is 4.36. The Morgan fingerprint density at radius 3 is 2.57 bits per heavy atom. The van der Waals surface area contributed by atoms with Gasteiger partial charge in [-0.05, 0) is 85.7 Å². The van der Waals surface area contributed by atoms with Crippen LogP contribution in [-0.4, -0.2) is 16.6 Å². The minimum absolute atomic E-state index is 0.118. The molecule has 0 saturated heterocycles. The molecule has 3 nitrogen and oxygen atoms in total. The van der Waals surface area contributed by atoms with Crippen LogP contribution in [0.1, 0.15) is 44.1 Å². The zero-order chi connectivity index (χ0) is 21.3. The van der Waals surface area contributed by atoms with E-state index in [2.05, 4.69) is 10.3 Å². The maximum absolute atomic E-state index is 15.7. The Bertz CT molecular complexity index is 1060. The highest BCUT2D eigenvalue weighted by molar-refractivity contribution is 6.30. The molecule has 4 rings (SSSR count). The summed E-state index contributed by atoms with van der Waals surface area (Å²) in [7, 11) is 0. The van der Waals surface area contributed by atoms with E-state index in [1.54, 1.807) is 43.5 Å². The van der Waals surface area contributed by atoms with Gasteiger partial charge in [0.25, 0.3) is 0 Å². The number of nitrogens with one attached hydrogen (secondary N) is 1. The van der Waals surface area contributed by atoms with Crippen LogP contribution in [-0.2, 0) is 4.79 Å². The predicted molar refractivity (Wildman–Crippen MR) is 116 cm³/mol. The number of hydrogen-bond donors (Lipinski definition) is 1. The maximum Gasteiger partial charge on any atom is 0.230 e. The van der Waals surface area contributed by atoms with Gasteiger partial charge in [0.15, 0.2) is 0 Å². The second-order valence-corrected chi connectivity index (χ2v) is 8.52. The smallest absolute Gasteiger partial charge is 0.230 e. The van der Waals surface area contributed by atoms with Gasteiger partial charge in [0.05, 0.1) is 11.4 Å². The van der Waals surface area contributed by atoms with E-state index >= 15 is 4.39 Å². The summed E-state index contributed by atoms with van der Waals surface area (Å²) in [6.45, 7) is 1.64. The minimum atomic E-state index is -1.57. The molecular formula is C24H23ClF2N2O. The summed E-state index contributed by atoms with van der Waals surface area (Å²) in [6.07, 6.45) is 3.49. The molecule has 1 aliphatic rings. The highest BCUT2D eigenvalue weighted by Gasteiger charge is 2.43. The number of pyridine rings is 1. The van der Waals surface area contributed by atoms with Crippen LogP contribution in [0, 0.1) is 11.7 Å². The van der Waals surface area contributed by atoms with Crippen molar-refractivity contribution in [3.05, 3.63) is 71.1 Å². The highest BCUT2D eigenvalue weighted by atomic mass is 35.5. The first-order chi connectivity index (χ1) is 14.4. The van der Waals surface area contributed by atoms with Crippen molar-refractivity contribution in [2.45, 2.75) is 44.2 Å². The Morgan fingerprint density at radius 2 is 1.87 bits per heavy atom. The normalized spacial score (nSPS) is 22.6. The topological polar surface area (TPSA) is 42.0 Å². The molecule has 1 aliphatic carbocycles. The van der Waals surface area contributed by atoms with Crippen LogP contribution in [0.4, 0.5) is 14.5 Å². The van der Waals surface area contributed by atoms with Crippen molar-refractivity contribution in [2.75, 3.05) is 5.32 Å². The molecule has 1 heterocycles. The number of benzene rings is 2. The van der Waals surface area contributed by atoms with E-state index in [-0.39, 0.29) is 30.5 Å². The molecule has 3 aromatic rings. The third-order valence-corrected chi connectivity index (χ3v) is 6.53. The first-order valence-electron chi connectivity index (χ1n) is 10.2. The van der Waals surface area contributed by atoms with Crippen molar-refractivity contribution >= 4 is 34.1 Å². The molecular weight excluding hydrogens is 406 g/mol. The monoisotopic (exact) mass is 428 g/mol. The molecule has 0 radical (unpaired) electrons.